The van der Waals surface area contributed by atoms with Crippen molar-refractivity contribution in [2.75, 3.05) is 13.1 Å². The smallest absolute Gasteiger partial charge is 0.252 e. The van der Waals surface area contributed by atoms with Gasteiger partial charge in [-0.15, -0.1) is 12.4 Å². The summed E-state index contributed by atoms with van der Waals surface area (Å²) in [4.78, 5) is 12.1. The number of hydrogen-bond acceptors (Lipinski definition) is 3. The van der Waals surface area contributed by atoms with Crippen LogP contribution >= 0.6 is 23.7 Å². The molecule has 0 saturated carbocycles. The van der Waals surface area contributed by atoms with Crippen LogP contribution in [0.25, 0.3) is 0 Å². The summed E-state index contributed by atoms with van der Waals surface area (Å²) in [5.41, 5.74) is 4.53. The van der Waals surface area contributed by atoms with Gasteiger partial charge in [-0.2, -0.15) is 11.3 Å². The molecule has 1 unspecified atom stereocenters. The fraction of sp³-hybridized carbons (Fsp3) is 0.312. The molecule has 0 aliphatic carbocycles. The second-order valence-electron chi connectivity index (χ2n) is 5.13. The highest BCUT2D eigenvalue weighted by Crippen LogP contribution is 2.22. The van der Waals surface area contributed by atoms with E-state index < -0.39 is 0 Å². The van der Waals surface area contributed by atoms with Gasteiger partial charge in [0.1, 0.15) is 0 Å². The molecule has 2 heterocycles. The summed E-state index contributed by atoms with van der Waals surface area (Å²) < 4.78 is 0. The van der Waals surface area contributed by atoms with Gasteiger partial charge in [-0.3, -0.25) is 4.79 Å². The Hall–Kier alpha value is -1.36. The molecule has 5 heteroatoms. The molecule has 0 saturated heterocycles. The van der Waals surface area contributed by atoms with Gasteiger partial charge in [0.15, 0.2) is 0 Å². The molecule has 1 aromatic heterocycles. The first-order valence-electron chi connectivity index (χ1n) is 6.88. The number of aryl methyl sites for hydroxylation is 1. The predicted octanol–water partition coefficient (Wildman–Crippen LogP) is 3.10. The van der Waals surface area contributed by atoms with Crippen LogP contribution in [-0.2, 0) is 6.42 Å². The van der Waals surface area contributed by atoms with E-state index in [-0.39, 0.29) is 24.4 Å². The molecule has 21 heavy (non-hydrogen) atoms. The van der Waals surface area contributed by atoms with E-state index in [1.165, 1.54) is 11.1 Å². The third-order valence-corrected chi connectivity index (χ3v) is 4.64. The minimum absolute atomic E-state index is 0. The first-order valence-corrected chi connectivity index (χ1v) is 7.82. The van der Waals surface area contributed by atoms with Crippen molar-refractivity contribution in [3.05, 3.63) is 57.3 Å². The normalized spacial score (nSPS) is 16.7. The lowest BCUT2D eigenvalue weighted by Gasteiger charge is -2.27. The van der Waals surface area contributed by atoms with E-state index >= 15 is 0 Å². The van der Waals surface area contributed by atoms with E-state index in [1.807, 2.05) is 17.7 Å². The SMILES string of the molecule is Cc1cscc1C(=O)NCC1NCCc2ccccc21.Cl. The zero-order valence-corrected chi connectivity index (χ0v) is 13.5. The molecule has 112 valence electrons. The summed E-state index contributed by atoms with van der Waals surface area (Å²) in [5, 5.41) is 10.4. The summed E-state index contributed by atoms with van der Waals surface area (Å²) in [6.07, 6.45) is 1.06. The molecule has 0 spiro atoms. The molecule has 1 aliphatic rings. The van der Waals surface area contributed by atoms with Crippen LogP contribution in [0.3, 0.4) is 0 Å². The van der Waals surface area contributed by atoms with Crippen molar-refractivity contribution in [3.63, 3.8) is 0 Å². The standard InChI is InChI=1S/C16H18N2OS.ClH/c1-11-9-20-10-14(11)16(19)18-8-15-13-5-3-2-4-12(13)6-7-17-15;/h2-5,9-10,15,17H,6-8H2,1H3,(H,18,19);1H. The fourth-order valence-corrected chi connectivity index (χ4v) is 3.49. The lowest BCUT2D eigenvalue weighted by Crippen LogP contribution is -2.38. The Labute approximate surface area is 135 Å². The maximum atomic E-state index is 12.1. The summed E-state index contributed by atoms with van der Waals surface area (Å²) in [7, 11) is 0. The summed E-state index contributed by atoms with van der Waals surface area (Å²) in [5.74, 6) is 0.0219. The minimum Gasteiger partial charge on any atom is -0.350 e. The Morgan fingerprint density at radius 1 is 1.38 bits per heavy atom. The van der Waals surface area contributed by atoms with Crippen LogP contribution < -0.4 is 10.6 Å². The first kappa shape index (κ1) is 16.0. The molecular formula is C16H19ClN2OS. The highest BCUT2D eigenvalue weighted by Gasteiger charge is 2.20. The number of rotatable bonds is 3. The van der Waals surface area contributed by atoms with Gasteiger partial charge in [0.05, 0.1) is 5.56 Å². The van der Waals surface area contributed by atoms with Gasteiger partial charge in [0.2, 0.25) is 0 Å². The minimum atomic E-state index is 0. The molecule has 2 aromatic rings. The van der Waals surface area contributed by atoms with Crippen molar-refractivity contribution in [3.8, 4) is 0 Å². The molecular weight excluding hydrogens is 304 g/mol. The van der Waals surface area contributed by atoms with Crippen molar-refractivity contribution in [2.45, 2.75) is 19.4 Å². The Morgan fingerprint density at radius 2 is 2.19 bits per heavy atom. The molecule has 3 nitrogen and oxygen atoms in total. The number of carbonyl (C=O) groups is 1. The quantitative estimate of drug-likeness (QED) is 0.911. The van der Waals surface area contributed by atoms with E-state index in [1.54, 1.807) is 11.3 Å². The van der Waals surface area contributed by atoms with Crippen LogP contribution in [0.15, 0.2) is 35.0 Å². The number of amides is 1. The van der Waals surface area contributed by atoms with Gasteiger partial charge in [-0.1, -0.05) is 24.3 Å². The molecule has 1 amide bonds. The van der Waals surface area contributed by atoms with Crippen LogP contribution in [0.1, 0.15) is 33.1 Å². The fourth-order valence-electron chi connectivity index (χ4n) is 2.66. The molecule has 3 rings (SSSR count). The summed E-state index contributed by atoms with van der Waals surface area (Å²) in [6, 6.07) is 8.67. The topological polar surface area (TPSA) is 41.1 Å². The zero-order chi connectivity index (χ0) is 13.9. The molecule has 0 radical (unpaired) electrons. The van der Waals surface area contributed by atoms with Crippen LogP contribution in [0.2, 0.25) is 0 Å². The zero-order valence-electron chi connectivity index (χ0n) is 11.9. The van der Waals surface area contributed by atoms with Gasteiger partial charge in [-0.25, -0.2) is 0 Å². The lowest BCUT2D eigenvalue weighted by molar-refractivity contribution is 0.0949. The van der Waals surface area contributed by atoms with Crippen molar-refractivity contribution in [1.82, 2.24) is 10.6 Å². The van der Waals surface area contributed by atoms with Crippen molar-refractivity contribution in [2.24, 2.45) is 0 Å². The predicted molar refractivity (Wildman–Crippen MR) is 89.5 cm³/mol. The maximum absolute atomic E-state index is 12.1. The number of halogens is 1. The molecule has 0 fully saturated rings. The average Bonchev–Trinajstić information content (AvgIpc) is 2.91. The maximum Gasteiger partial charge on any atom is 0.252 e. The third-order valence-electron chi connectivity index (χ3n) is 3.78. The van der Waals surface area contributed by atoms with E-state index in [0.29, 0.717) is 6.54 Å². The second-order valence-corrected chi connectivity index (χ2v) is 5.88. The van der Waals surface area contributed by atoms with E-state index in [0.717, 1.165) is 24.1 Å². The Kier molecular flexibility index (Phi) is 5.39. The molecule has 0 bridgehead atoms. The van der Waals surface area contributed by atoms with E-state index in [2.05, 4.69) is 34.9 Å². The van der Waals surface area contributed by atoms with Crippen molar-refractivity contribution in [1.29, 1.82) is 0 Å². The van der Waals surface area contributed by atoms with Crippen LogP contribution in [-0.4, -0.2) is 19.0 Å². The van der Waals surface area contributed by atoms with Crippen LogP contribution in [0.5, 0.6) is 0 Å². The Balaban J connectivity index is 0.00000161. The van der Waals surface area contributed by atoms with Gasteiger partial charge >= 0.3 is 0 Å². The number of hydrogen-bond donors (Lipinski definition) is 2. The number of carbonyl (C=O) groups excluding carboxylic acids is 1. The Bertz CT molecular complexity index is 626. The number of benzene rings is 1. The van der Waals surface area contributed by atoms with Gasteiger partial charge < -0.3 is 10.6 Å². The number of thiophene rings is 1. The highest BCUT2D eigenvalue weighted by molar-refractivity contribution is 7.08. The van der Waals surface area contributed by atoms with Gasteiger partial charge in [0, 0.05) is 18.0 Å². The van der Waals surface area contributed by atoms with E-state index in [4.69, 9.17) is 0 Å². The molecule has 1 aliphatic heterocycles. The third kappa shape index (κ3) is 3.46. The molecule has 1 aromatic carbocycles. The number of fused-ring (bicyclic) bond motifs is 1. The van der Waals surface area contributed by atoms with Crippen molar-refractivity contribution >= 4 is 29.7 Å². The monoisotopic (exact) mass is 322 g/mol. The van der Waals surface area contributed by atoms with Crippen LogP contribution in [0.4, 0.5) is 0 Å². The highest BCUT2D eigenvalue weighted by atomic mass is 35.5. The average molecular weight is 323 g/mol. The number of nitrogens with one attached hydrogen (secondary N) is 2. The lowest BCUT2D eigenvalue weighted by atomic mass is 9.94. The molecule has 2 N–H and O–H groups in total. The summed E-state index contributed by atoms with van der Waals surface area (Å²) >= 11 is 1.57. The van der Waals surface area contributed by atoms with Crippen molar-refractivity contribution < 1.29 is 4.79 Å². The second kappa shape index (κ2) is 7.07. The summed E-state index contributed by atoms with van der Waals surface area (Å²) in [6.45, 7) is 3.57. The van der Waals surface area contributed by atoms with E-state index in [9.17, 15) is 4.79 Å². The van der Waals surface area contributed by atoms with Gasteiger partial charge in [0.25, 0.3) is 5.91 Å². The first-order chi connectivity index (χ1) is 9.75. The van der Waals surface area contributed by atoms with Crippen LogP contribution in [0, 0.1) is 6.92 Å². The largest absolute Gasteiger partial charge is 0.350 e. The van der Waals surface area contributed by atoms with Gasteiger partial charge in [-0.05, 0) is 42.0 Å². The molecule has 1 atom stereocenters. The Morgan fingerprint density at radius 3 is 2.95 bits per heavy atom.